The highest BCUT2D eigenvalue weighted by Gasteiger charge is 2.38. The summed E-state index contributed by atoms with van der Waals surface area (Å²) in [5.41, 5.74) is 2.80. The summed E-state index contributed by atoms with van der Waals surface area (Å²) < 4.78 is 5.14. The van der Waals surface area contributed by atoms with E-state index in [4.69, 9.17) is 27.9 Å². The normalized spacial score (nSPS) is 15.2. The number of hydrogen-bond donors (Lipinski definition) is 1. The smallest absolute Gasteiger partial charge is 0.251 e. The number of Topliss-reactive ketones (excluding diaryl/α,β-unsaturated/α-hetero) is 1. The minimum Gasteiger partial charge on any atom is -0.497 e. The van der Waals surface area contributed by atoms with Crippen molar-refractivity contribution in [2.24, 2.45) is 5.92 Å². The van der Waals surface area contributed by atoms with Crippen molar-refractivity contribution in [1.82, 2.24) is 5.32 Å². The molecule has 34 heavy (non-hydrogen) atoms. The average molecular weight is 497 g/mol. The van der Waals surface area contributed by atoms with Crippen molar-refractivity contribution in [3.05, 3.63) is 93.0 Å². The van der Waals surface area contributed by atoms with E-state index in [1.165, 1.54) is 4.90 Å². The van der Waals surface area contributed by atoms with Crippen LogP contribution in [0, 0.1) is 5.92 Å². The predicted molar refractivity (Wildman–Crippen MR) is 132 cm³/mol. The molecule has 0 saturated carbocycles. The number of amides is 2. The molecule has 0 saturated heterocycles. The molecule has 2 amide bonds. The molecule has 1 unspecified atom stereocenters. The zero-order valence-electron chi connectivity index (χ0n) is 18.6. The highest BCUT2D eigenvalue weighted by molar-refractivity contribution is 6.42. The number of rotatable bonds is 6. The SMILES string of the molecule is COc1ccc(CNC(=O)c2ccc3c(c2)C(=O)C(Cc2ccc(Cl)c(Cl)c2)C(=O)N3C)cc1. The summed E-state index contributed by atoms with van der Waals surface area (Å²) in [5, 5.41) is 3.62. The number of nitrogens with zero attached hydrogens (tertiary/aromatic N) is 1. The first kappa shape index (κ1) is 23.8. The van der Waals surface area contributed by atoms with Crippen LogP contribution >= 0.6 is 23.2 Å². The first-order chi connectivity index (χ1) is 16.3. The molecule has 1 atom stereocenters. The van der Waals surface area contributed by atoms with Gasteiger partial charge in [-0.1, -0.05) is 41.4 Å². The van der Waals surface area contributed by atoms with Crippen LogP contribution in [-0.2, 0) is 17.8 Å². The van der Waals surface area contributed by atoms with Gasteiger partial charge in [0.2, 0.25) is 5.91 Å². The third-order valence-electron chi connectivity index (χ3n) is 5.87. The maximum absolute atomic E-state index is 13.3. The van der Waals surface area contributed by atoms with Gasteiger partial charge in [-0.05, 0) is 60.0 Å². The molecule has 0 fully saturated rings. The van der Waals surface area contributed by atoms with E-state index in [2.05, 4.69) is 5.32 Å². The van der Waals surface area contributed by atoms with E-state index < -0.39 is 5.92 Å². The first-order valence-corrected chi connectivity index (χ1v) is 11.3. The Labute approximate surface area is 207 Å². The van der Waals surface area contributed by atoms with E-state index >= 15 is 0 Å². The highest BCUT2D eigenvalue weighted by Crippen LogP contribution is 2.33. The molecule has 0 radical (unpaired) electrons. The lowest BCUT2D eigenvalue weighted by molar-refractivity contribution is -0.120. The lowest BCUT2D eigenvalue weighted by Gasteiger charge is -2.31. The summed E-state index contributed by atoms with van der Waals surface area (Å²) in [7, 11) is 3.22. The van der Waals surface area contributed by atoms with E-state index in [1.54, 1.807) is 50.6 Å². The number of halogens is 2. The van der Waals surface area contributed by atoms with Crippen LogP contribution in [0.5, 0.6) is 5.75 Å². The van der Waals surface area contributed by atoms with Crippen LogP contribution in [0.1, 0.15) is 31.8 Å². The first-order valence-electron chi connectivity index (χ1n) is 10.6. The molecule has 0 aromatic heterocycles. The molecule has 1 N–H and O–H groups in total. The van der Waals surface area contributed by atoms with E-state index in [0.717, 1.165) is 16.9 Å². The van der Waals surface area contributed by atoms with Gasteiger partial charge in [-0.2, -0.15) is 0 Å². The Kier molecular flexibility index (Phi) is 6.91. The van der Waals surface area contributed by atoms with Gasteiger partial charge in [0, 0.05) is 24.7 Å². The van der Waals surface area contributed by atoms with Crippen molar-refractivity contribution >= 4 is 46.5 Å². The van der Waals surface area contributed by atoms with Gasteiger partial charge in [0.25, 0.3) is 5.91 Å². The maximum Gasteiger partial charge on any atom is 0.251 e. The van der Waals surface area contributed by atoms with Crippen LogP contribution in [-0.4, -0.2) is 31.8 Å². The Morgan fingerprint density at radius 2 is 1.68 bits per heavy atom. The number of hydrogen-bond acceptors (Lipinski definition) is 4. The highest BCUT2D eigenvalue weighted by atomic mass is 35.5. The van der Waals surface area contributed by atoms with Crippen LogP contribution < -0.4 is 15.0 Å². The fourth-order valence-electron chi connectivity index (χ4n) is 3.93. The number of nitrogens with one attached hydrogen (secondary N) is 1. The Bertz CT molecular complexity index is 1270. The summed E-state index contributed by atoms with van der Waals surface area (Å²) >= 11 is 12.1. The van der Waals surface area contributed by atoms with E-state index in [0.29, 0.717) is 33.4 Å². The molecule has 8 heteroatoms. The molecule has 3 aromatic rings. The fraction of sp³-hybridized carbons (Fsp3) is 0.192. The van der Waals surface area contributed by atoms with Gasteiger partial charge in [0.1, 0.15) is 11.7 Å². The number of benzene rings is 3. The topological polar surface area (TPSA) is 75.7 Å². The van der Waals surface area contributed by atoms with Crippen molar-refractivity contribution in [2.75, 3.05) is 19.1 Å². The van der Waals surface area contributed by atoms with Gasteiger partial charge < -0.3 is 15.0 Å². The Balaban J connectivity index is 1.53. The van der Waals surface area contributed by atoms with Crippen molar-refractivity contribution in [3.63, 3.8) is 0 Å². The van der Waals surface area contributed by atoms with Crippen LogP contribution in [0.15, 0.2) is 60.7 Å². The number of carbonyl (C=O) groups is 3. The summed E-state index contributed by atoms with van der Waals surface area (Å²) in [4.78, 5) is 40.5. The Morgan fingerprint density at radius 3 is 2.35 bits per heavy atom. The fourth-order valence-corrected chi connectivity index (χ4v) is 4.25. The van der Waals surface area contributed by atoms with Gasteiger partial charge >= 0.3 is 0 Å². The lowest BCUT2D eigenvalue weighted by atomic mass is 9.85. The summed E-state index contributed by atoms with van der Waals surface area (Å²) in [6, 6.07) is 17.2. The van der Waals surface area contributed by atoms with E-state index in [9.17, 15) is 14.4 Å². The van der Waals surface area contributed by atoms with Gasteiger partial charge in [0.15, 0.2) is 5.78 Å². The largest absolute Gasteiger partial charge is 0.497 e. The van der Waals surface area contributed by atoms with E-state index in [-0.39, 0.29) is 24.0 Å². The molecule has 3 aromatic carbocycles. The molecule has 1 heterocycles. The number of anilines is 1. The molecule has 0 spiro atoms. The van der Waals surface area contributed by atoms with Crippen molar-refractivity contribution < 1.29 is 19.1 Å². The third kappa shape index (κ3) is 4.79. The monoisotopic (exact) mass is 496 g/mol. The maximum atomic E-state index is 13.3. The minimum absolute atomic E-state index is 0.187. The molecule has 0 bridgehead atoms. The molecular weight excluding hydrogens is 475 g/mol. The average Bonchev–Trinajstić information content (AvgIpc) is 2.85. The zero-order valence-corrected chi connectivity index (χ0v) is 20.1. The number of ether oxygens (including phenoxy) is 1. The number of methoxy groups -OCH3 is 1. The number of ketones is 1. The Morgan fingerprint density at radius 1 is 0.971 bits per heavy atom. The number of carbonyl (C=O) groups excluding carboxylic acids is 3. The van der Waals surface area contributed by atoms with E-state index in [1.807, 2.05) is 24.3 Å². The summed E-state index contributed by atoms with van der Waals surface area (Å²) in [6.45, 7) is 0.326. The molecular formula is C26H22Cl2N2O4. The minimum atomic E-state index is -0.910. The van der Waals surface area contributed by atoms with Crippen molar-refractivity contribution in [3.8, 4) is 5.75 Å². The molecule has 4 rings (SSSR count). The second-order valence-corrected chi connectivity index (χ2v) is 8.84. The molecule has 6 nitrogen and oxygen atoms in total. The van der Waals surface area contributed by atoms with Gasteiger partial charge in [-0.15, -0.1) is 0 Å². The summed E-state index contributed by atoms with van der Waals surface area (Å²) in [6.07, 6.45) is 0.187. The quantitative estimate of drug-likeness (QED) is 0.489. The van der Waals surface area contributed by atoms with Crippen molar-refractivity contribution in [1.29, 1.82) is 0 Å². The standard InChI is InChI=1S/C26H22Cl2N2O4/c1-30-23-10-6-17(25(32)29-14-15-3-7-18(34-2)8-4-15)13-19(23)24(31)20(26(30)33)11-16-5-9-21(27)22(28)12-16/h3-10,12-13,20H,11,14H2,1-2H3,(H,29,32). The zero-order chi connectivity index (χ0) is 24.4. The second-order valence-electron chi connectivity index (χ2n) is 8.03. The van der Waals surface area contributed by atoms with Gasteiger partial charge in [-0.3, -0.25) is 14.4 Å². The van der Waals surface area contributed by atoms with Gasteiger partial charge in [-0.25, -0.2) is 0 Å². The third-order valence-corrected chi connectivity index (χ3v) is 6.61. The van der Waals surface area contributed by atoms with Crippen molar-refractivity contribution in [2.45, 2.75) is 13.0 Å². The molecule has 0 aliphatic carbocycles. The second kappa shape index (κ2) is 9.87. The van der Waals surface area contributed by atoms with Gasteiger partial charge in [0.05, 0.1) is 22.8 Å². The molecule has 1 aliphatic rings. The lowest BCUT2D eigenvalue weighted by Crippen LogP contribution is -2.43. The van der Waals surface area contributed by atoms with Crippen LogP contribution in [0.2, 0.25) is 10.0 Å². The molecule has 174 valence electrons. The van der Waals surface area contributed by atoms with Crippen LogP contribution in [0.3, 0.4) is 0 Å². The van der Waals surface area contributed by atoms with Crippen LogP contribution in [0.4, 0.5) is 5.69 Å². The molecule has 1 aliphatic heterocycles. The number of fused-ring (bicyclic) bond motifs is 1. The predicted octanol–water partition coefficient (Wildman–Crippen LogP) is 4.95. The Hall–Kier alpha value is -3.35. The van der Waals surface area contributed by atoms with Crippen LogP contribution in [0.25, 0.3) is 0 Å². The summed E-state index contributed by atoms with van der Waals surface area (Å²) in [5.74, 6) is -1.12.